The van der Waals surface area contributed by atoms with Crippen LogP contribution in [0.1, 0.15) is 44.7 Å². The molecule has 0 spiro atoms. The van der Waals surface area contributed by atoms with Crippen molar-refractivity contribution in [3.8, 4) is 0 Å². The topological polar surface area (TPSA) is 32.3 Å². The van der Waals surface area contributed by atoms with Gasteiger partial charge in [0.05, 0.1) is 6.04 Å². The highest BCUT2D eigenvalue weighted by Gasteiger charge is 2.36. The number of piperidine rings is 1. The van der Waals surface area contributed by atoms with Crippen LogP contribution in [0.15, 0.2) is 30.4 Å². The van der Waals surface area contributed by atoms with E-state index in [1.165, 1.54) is 5.57 Å². The quantitative estimate of drug-likeness (QED) is 0.807. The van der Waals surface area contributed by atoms with Crippen LogP contribution < -0.4 is 5.32 Å². The van der Waals surface area contributed by atoms with Gasteiger partial charge in [-0.05, 0) is 58.6 Å². The van der Waals surface area contributed by atoms with Crippen molar-refractivity contribution in [1.82, 2.24) is 4.90 Å². The summed E-state index contributed by atoms with van der Waals surface area (Å²) in [7, 11) is 0. The third-order valence-corrected chi connectivity index (χ3v) is 4.46. The minimum atomic E-state index is -0.139. The first-order valence-corrected chi connectivity index (χ1v) is 8.00. The number of aryl methyl sites for hydroxylation is 2. The molecule has 128 valence electrons. The average molecular weight is 337 g/mol. The van der Waals surface area contributed by atoms with Gasteiger partial charge in [0.25, 0.3) is 0 Å². The Balaban J connectivity index is 0.00000264. The summed E-state index contributed by atoms with van der Waals surface area (Å²) in [4.78, 5) is 15.2. The molecule has 1 aromatic rings. The van der Waals surface area contributed by atoms with Crippen molar-refractivity contribution >= 4 is 24.0 Å². The molecule has 1 amide bonds. The molecule has 1 heterocycles. The number of hydrogen-bond acceptors (Lipinski definition) is 2. The molecule has 1 atom stereocenters. The zero-order chi connectivity index (χ0) is 16.5. The van der Waals surface area contributed by atoms with Gasteiger partial charge in [0, 0.05) is 17.8 Å². The van der Waals surface area contributed by atoms with E-state index in [2.05, 4.69) is 37.6 Å². The SMILES string of the molecule is C=C1CCN(C(C)(C)C)C(C(=O)Nc2c(C)cccc2C)C1.Cl. The first-order chi connectivity index (χ1) is 10.2. The molecule has 1 aliphatic heterocycles. The van der Waals surface area contributed by atoms with Gasteiger partial charge in [-0.3, -0.25) is 9.69 Å². The summed E-state index contributed by atoms with van der Waals surface area (Å²) in [6.45, 7) is 15.6. The van der Waals surface area contributed by atoms with Crippen molar-refractivity contribution in [2.24, 2.45) is 0 Å². The number of nitrogens with one attached hydrogen (secondary N) is 1. The molecule has 2 rings (SSSR count). The fraction of sp³-hybridized carbons (Fsp3) is 0.526. The van der Waals surface area contributed by atoms with E-state index in [4.69, 9.17) is 0 Å². The number of hydrogen-bond donors (Lipinski definition) is 1. The highest BCUT2D eigenvalue weighted by molar-refractivity contribution is 5.96. The van der Waals surface area contributed by atoms with E-state index in [0.29, 0.717) is 0 Å². The summed E-state index contributed by atoms with van der Waals surface area (Å²) in [5.41, 5.74) is 4.29. The molecular formula is C19H29ClN2O. The van der Waals surface area contributed by atoms with Gasteiger partial charge in [-0.1, -0.05) is 30.4 Å². The van der Waals surface area contributed by atoms with E-state index >= 15 is 0 Å². The lowest BCUT2D eigenvalue weighted by Crippen LogP contribution is -2.55. The van der Waals surface area contributed by atoms with Crippen molar-refractivity contribution in [3.05, 3.63) is 41.5 Å². The second kappa shape index (κ2) is 7.50. The van der Waals surface area contributed by atoms with Crippen LogP contribution in [0.25, 0.3) is 0 Å². The van der Waals surface area contributed by atoms with Crippen molar-refractivity contribution in [1.29, 1.82) is 0 Å². The molecule has 1 aromatic carbocycles. The molecule has 1 N–H and O–H groups in total. The van der Waals surface area contributed by atoms with Crippen LogP contribution in [0.4, 0.5) is 5.69 Å². The number of halogens is 1. The molecule has 0 saturated carbocycles. The molecule has 1 fully saturated rings. The van der Waals surface area contributed by atoms with E-state index in [-0.39, 0.29) is 29.9 Å². The van der Waals surface area contributed by atoms with Gasteiger partial charge in [0.15, 0.2) is 0 Å². The molecule has 1 unspecified atom stereocenters. The van der Waals surface area contributed by atoms with Crippen LogP contribution >= 0.6 is 12.4 Å². The predicted molar refractivity (Wildman–Crippen MR) is 100 cm³/mol. The Labute approximate surface area is 146 Å². The van der Waals surface area contributed by atoms with Crippen LogP contribution in [0.3, 0.4) is 0 Å². The number of anilines is 1. The predicted octanol–water partition coefficient (Wildman–Crippen LogP) is 4.48. The standard InChI is InChI=1S/C19H28N2O.ClH/c1-13-10-11-21(19(4,5)6)16(12-13)18(22)20-17-14(2)8-7-9-15(17)3;/h7-9,16H,1,10-12H2,2-6H3,(H,20,22);1H. The monoisotopic (exact) mass is 336 g/mol. The molecule has 1 aliphatic rings. The van der Waals surface area contributed by atoms with Crippen molar-refractivity contribution < 1.29 is 4.79 Å². The molecule has 23 heavy (non-hydrogen) atoms. The fourth-order valence-electron chi connectivity index (χ4n) is 3.18. The molecule has 3 nitrogen and oxygen atoms in total. The lowest BCUT2D eigenvalue weighted by Gasteiger charge is -2.44. The van der Waals surface area contributed by atoms with Crippen molar-refractivity contribution in [3.63, 3.8) is 0 Å². The Morgan fingerprint density at radius 1 is 1.26 bits per heavy atom. The van der Waals surface area contributed by atoms with E-state index in [1.807, 2.05) is 32.0 Å². The maximum Gasteiger partial charge on any atom is 0.242 e. The normalized spacial score (nSPS) is 19.2. The van der Waals surface area contributed by atoms with E-state index in [1.54, 1.807) is 0 Å². The number of rotatable bonds is 2. The number of para-hydroxylation sites is 1. The number of benzene rings is 1. The lowest BCUT2D eigenvalue weighted by molar-refractivity contribution is -0.124. The van der Waals surface area contributed by atoms with Gasteiger partial charge in [0.1, 0.15) is 0 Å². The molecule has 0 aliphatic carbocycles. The van der Waals surface area contributed by atoms with E-state index in [0.717, 1.165) is 36.2 Å². The summed E-state index contributed by atoms with van der Waals surface area (Å²) in [5, 5.41) is 3.15. The summed E-state index contributed by atoms with van der Waals surface area (Å²) >= 11 is 0. The van der Waals surface area contributed by atoms with Crippen LogP contribution in [0.2, 0.25) is 0 Å². The summed E-state index contributed by atoms with van der Waals surface area (Å²) in [6, 6.07) is 5.94. The summed E-state index contributed by atoms with van der Waals surface area (Å²) in [6.07, 6.45) is 1.72. The van der Waals surface area contributed by atoms with Gasteiger partial charge >= 0.3 is 0 Å². The molecule has 0 bridgehead atoms. The Morgan fingerprint density at radius 2 is 1.83 bits per heavy atom. The second-order valence-electron chi connectivity index (χ2n) is 7.34. The molecular weight excluding hydrogens is 308 g/mol. The Hall–Kier alpha value is -1.32. The van der Waals surface area contributed by atoms with Gasteiger partial charge in [-0.25, -0.2) is 0 Å². The maximum absolute atomic E-state index is 12.9. The van der Waals surface area contributed by atoms with Gasteiger partial charge in [-0.2, -0.15) is 0 Å². The summed E-state index contributed by atoms with van der Waals surface area (Å²) < 4.78 is 0. The number of carbonyl (C=O) groups excluding carboxylic acids is 1. The van der Waals surface area contributed by atoms with Crippen LogP contribution in [0, 0.1) is 13.8 Å². The molecule has 1 saturated heterocycles. The fourth-order valence-corrected chi connectivity index (χ4v) is 3.18. The Bertz CT molecular complexity index is 569. The third kappa shape index (κ3) is 4.58. The molecule has 0 aromatic heterocycles. The number of amides is 1. The van der Waals surface area contributed by atoms with Crippen molar-refractivity contribution in [2.45, 2.75) is 59.0 Å². The molecule has 0 radical (unpaired) electrons. The van der Waals surface area contributed by atoms with Crippen LogP contribution in [-0.4, -0.2) is 28.9 Å². The molecule has 4 heteroatoms. The highest BCUT2D eigenvalue weighted by Crippen LogP contribution is 2.29. The van der Waals surface area contributed by atoms with E-state index < -0.39 is 0 Å². The maximum atomic E-state index is 12.9. The van der Waals surface area contributed by atoms with Gasteiger partial charge < -0.3 is 5.32 Å². The number of carbonyl (C=O) groups is 1. The zero-order valence-electron chi connectivity index (χ0n) is 14.9. The summed E-state index contributed by atoms with van der Waals surface area (Å²) in [5.74, 6) is 0.0770. The van der Waals surface area contributed by atoms with E-state index in [9.17, 15) is 4.79 Å². The minimum absolute atomic E-state index is 0. The number of likely N-dealkylation sites (tertiary alicyclic amines) is 1. The van der Waals surface area contributed by atoms with Gasteiger partial charge in [-0.15, -0.1) is 12.4 Å². The zero-order valence-corrected chi connectivity index (χ0v) is 15.7. The third-order valence-electron chi connectivity index (χ3n) is 4.46. The van der Waals surface area contributed by atoms with Crippen molar-refractivity contribution in [2.75, 3.05) is 11.9 Å². The first-order valence-electron chi connectivity index (χ1n) is 8.00. The van der Waals surface area contributed by atoms with Crippen LogP contribution in [0.5, 0.6) is 0 Å². The second-order valence-corrected chi connectivity index (χ2v) is 7.34. The lowest BCUT2D eigenvalue weighted by atomic mass is 9.91. The smallest absolute Gasteiger partial charge is 0.242 e. The van der Waals surface area contributed by atoms with Gasteiger partial charge in [0.2, 0.25) is 5.91 Å². The highest BCUT2D eigenvalue weighted by atomic mass is 35.5. The van der Waals surface area contributed by atoms with Crippen LogP contribution in [-0.2, 0) is 4.79 Å². The minimum Gasteiger partial charge on any atom is -0.324 e. The largest absolute Gasteiger partial charge is 0.324 e. The Morgan fingerprint density at radius 3 is 2.35 bits per heavy atom. The average Bonchev–Trinajstić information content (AvgIpc) is 2.41. The first kappa shape index (κ1) is 19.7. The Kier molecular flexibility index (Phi) is 6.43. The number of nitrogens with zero attached hydrogens (tertiary/aromatic N) is 1.